The minimum absolute atomic E-state index is 0.301. The summed E-state index contributed by atoms with van der Waals surface area (Å²) in [4.78, 5) is 2.46. The van der Waals surface area contributed by atoms with E-state index in [9.17, 15) is 0 Å². The summed E-state index contributed by atoms with van der Waals surface area (Å²) in [6.07, 6.45) is 7.81. The summed E-state index contributed by atoms with van der Waals surface area (Å²) in [7, 11) is 6.61. The number of hydrogen-bond acceptors (Lipinski definition) is 2. The third-order valence-electron chi connectivity index (χ3n) is 4.94. The maximum atomic E-state index is 3.60. The number of halogens is 1. The molecule has 1 aliphatic carbocycles. The van der Waals surface area contributed by atoms with Crippen LogP contribution < -0.4 is 5.32 Å². The van der Waals surface area contributed by atoms with Crippen molar-refractivity contribution in [1.82, 2.24) is 10.2 Å². The lowest BCUT2D eigenvalue weighted by atomic mass is 9.73. The van der Waals surface area contributed by atoms with Crippen LogP contribution in [0.5, 0.6) is 0 Å². The molecule has 0 bridgehead atoms. The first-order chi connectivity index (χ1) is 9.58. The zero-order valence-corrected chi connectivity index (χ0v) is 14.5. The van der Waals surface area contributed by atoms with Crippen molar-refractivity contribution in [2.24, 2.45) is 0 Å². The Kier molecular flexibility index (Phi) is 5.65. The standard InChI is InChI=1S/C17H27BrN2/c1-19-16(13-14-8-7-9-15(18)12-14)17(20(2)3)10-5-4-6-11-17/h7-9,12,16,19H,4-6,10-11,13H2,1-3H3. The van der Waals surface area contributed by atoms with Crippen molar-refractivity contribution in [3.8, 4) is 0 Å². The van der Waals surface area contributed by atoms with Gasteiger partial charge in [0, 0.05) is 16.1 Å². The van der Waals surface area contributed by atoms with E-state index >= 15 is 0 Å². The van der Waals surface area contributed by atoms with E-state index in [-0.39, 0.29) is 0 Å². The number of rotatable bonds is 5. The van der Waals surface area contributed by atoms with Gasteiger partial charge in [-0.1, -0.05) is 47.3 Å². The summed E-state index contributed by atoms with van der Waals surface area (Å²) in [6, 6.07) is 9.22. The maximum Gasteiger partial charge on any atom is 0.0359 e. The Balaban J connectivity index is 2.20. The van der Waals surface area contributed by atoms with Crippen LogP contribution >= 0.6 is 15.9 Å². The van der Waals surface area contributed by atoms with Crippen LogP contribution in [-0.2, 0) is 6.42 Å². The Morgan fingerprint density at radius 1 is 1.25 bits per heavy atom. The number of benzene rings is 1. The molecule has 0 saturated heterocycles. The van der Waals surface area contributed by atoms with Gasteiger partial charge in [0.15, 0.2) is 0 Å². The minimum atomic E-state index is 0.301. The smallest absolute Gasteiger partial charge is 0.0359 e. The van der Waals surface area contributed by atoms with Crippen molar-refractivity contribution >= 4 is 15.9 Å². The zero-order valence-electron chi connectivity index (χ0n) is 13.0. The molecule has 0 aromatic heterocycles. The minimum Gasteiger partial charge on any atom is -0.315 e. The van der Waals surface area contributed by atoms with Gasteiger partial charge in [-0.3, -0.25) is 0 Å². The second kappa shape index (κ2) is 7.06. The second-order valence-corrected chi connectivity index (χ2v) is 7.15. The molecule has 0 heterocycles. The van der Waals surface area contributed by atoms with Crippen LogP contribution in [0.2, 0.25) is 0 Å². The first-order valence-electron chi connectivity index (χ1n) is 7.67. The molecule has 2 rings (SSSR count). The van der Waals surface area contributed by atoms with Crippen LogP contribution in [0.4, 0.5) is 0 Å². The molecule has 3 heteroatoms. The first kappa shape index (κ1) is 16.0. The average Bonchev–Trinajstić information content (AvgIpc) is 2.45. The van der Waals surface area contributed by atoms with E-state index in [0.717, 1.165) is 6.42 Å². The number of hydrogen-bond donors (Lipinski definition) is 1. The van der Waals surface area contributed by atoms with Gasteiger partial charge in [0.1, 0.15) is 0 Å². The highest BCUT2D eigenvalue weighted by atomic mass is 79.9. The molecule has 1 saturated carbocycles. The SMILES string of the molecule is CNC(Cc1cccc(Br)c1)C1(N(C)C)CCCCC1. The monoisotopic (exact) mass is 338 g/mol. The van der Waals surface area contributed by atoms with E-state index in [4.69, 9.17) is 0 Å². The van der Waals surface area contributed by atoms with Gasteiger partial charge in [-0.15, -0.1) is 0 Å². The van der Waals surface area contributed by atoms with E-state index in [1.807, 2.05) is 0 Å². The summed E-state index contributed by atoms with van der Waals surface area (Å²) in [5.74, 6) is 0. The van der Waals surface area contributed by atoms with E-state index in [1.54, 1.807) is 0 Å². The van der Waals surface area contributed by atoms with Gasteiger partial charge in [0.05, 0.1) is 0 Å². The van der Waals surface area contributed by atoms with Gasteiger partial charge in [-0.2, -0.15) is 0 Å². The van der Waals surface area contributed by atoms with Crippen molar-refractivity contribution < 1.29 is 0 Å². The summed E-state index contributed by atoms with van der Waals surface area (Å²) in [6.45, 7) is 0. The number of nitrogens with zero attached hydrogens (tertiary/aromatic N) is 1. The van der Waals surface area contributed by atoms with E-state index < -0.39 is 0 Å². The van der Waals surface area contributed by atoms with Gasteiger partial charge >= 0.3 is 0 Å². The molecule has 0 spiro atoms. The molecular weight excluding hydrogens is 312 g/mol. The summed E-state index contributed by atoms with van der Waals surface area (Å²) in [5, 5.41) is 3.60. The lowest BCUT2D eigenvalue weighted by Gasteiger charge is -2.48. The normalized spacial score (nSPS) is 20.1. The molecule has 112 valence electrons. The molecule has 1 aliphatic rings. The molecule has 20 heavy (non-hydrogen) atoms. The number of likely N-dealkylation sites (N-methyl/N-ethyl adjacent to an activating group) is 2. The second-order valence-electron chi connectivity index (χ2n) is 6.23. The fourth-order valence-corrected chi connectivity index (χ4v) is 4.18. The molecule has 0 aliphatic heterocycles. The Labute approximate surface area is 132 Å². The highest BCUT2D eigenvalue weighted by molar-refractivity contribution is 9.10. The largest absolute Gasteiger partial charge is 0.315 e. The molecule has 1 unspecified atom stereocenters. The van der Waals surface area contributed by atoms with E-state index in [0.29, 0.717) is 11.6 Å². The van der Waals surface area contributed by atoms with Crippen LogP contribution in [0, 0.1) is 0 Å². The Morgan fingerprint density at radius 3 is 2.50 bits per heavy atom. The third kappa shape index (κ3) is 3.44. The molecule has 1 atom stereocenters. The van der Waals surface area contributed by atoms with Crippen LogP contribution in [0.15, 0.2) is 28.7 Å². The Hall–Kier alpha value is -0.380. The van der Waals surface area contributed by atoms with E-state index in [1.165, 1.54) is 42.1 Å². The van der Waals surface area contributed by atoms with Crippen molar-refractivity contribution in [2.75, 3.05) is 21.1 Å². The predicted molar refractivity (Wildman–Crippen MR) is 90.2 cm³/mol. The van der Waals surface area contributed by atoms with Gasteiger partial charge in [0.25, 0.3) is 0 Å². The molecule has 1 N–H and O–H groups in total. The highest BCUT2D eigenvalue weighted by Crippen LogP contribution is 2.36. The molecule has 0 amide bonds. The summed E-state index contributed by atoms with van der Waals surface area (Å²) >= 11 is 3.58. The molecular formula is C17H27BrN2. The predicted octanol–water partition coefficient (Wildman–Crippen LogP) is 3.84. The maximum absolute atomic E-state index is 3.60. The van der Waals surface area contributed by atoms with Gasteiger partial charge in [-0.25, -0.2) is 0 Å². The lowest BCUT2D eigenvalue weighted by Crippen LogP contribution is -2.60. The Morgan fingerprint density at radius 2 is 1.95 bits per heavy atom. The fraction of sp³-hybridized carbons (Fsp3) is 0.647. The average molecular weight is 339 g/mol. The van der Waals surface area contributed by atoms with Crippen LogP contribution in [0.3, 0.4) is 0 Å². The topological polar surface area (TPSA) is 15.3 Å². The van der Waals surface area contributed by atoms with Crippen LogP contribution in [0.25, 0.3) is 0 Å². The molecule has 1 aromatic carbocycles. The zero-order chi connectivity index (χ0) is 14.6. The highest BCUT2D eigenvalue weighted by Gasteiger charge is 2.40. The number of nitrogens with one attached hydrogen (secondary N) is 1. The molecule has 1 aromatic rings. The van der Waals surface area contributed by atoms with Crippen molar-refractivity contribution in [3.63, 3.8) is 0 Å². The lowest BCUT2D eigenvalue weighted by molar-refractivity contribution is 0.0598. The van der Waals surface area contributed by atoms with Gasteiger partial charge < -0.3 is 10.2 Å². The summed E-state index contributed by atoms with van der Waals surface area (Å²) < 4.78 is 1.17. The summed E-state index contributed by atoms with van der Waals surface area (Å²) in [5.41, 5.74) is 1.71. The van der Waals surface area contributed by atoms with Gasteiger partial charge in [0.2, 0.25) is 0 Å². The van der Waals surface area contributed by atoms with Gasteiger partial charge in [-0.05, 0) is 58.1 Å². The first-order valence-corrected chi connectivity index (χ1v) is 8.47. The van der Waals surface area contributed by atoms with Crippen LogP contribution in [0.1, 0.15) is 37.7 Å². The third-order valence-corrected chi connectivity index (χ3v) is 5.43. The molecule has 2 nitrogen and oxygen atoms in total. The van der Waals surface area contributed by atoms with Crippen molar-refractivity contribution in [1.29, 1.82) is 0 Å². The molecule has 1 fully saturated rings. The van der Waals surface area contributed by atoms with Crippen molar-refractivity contribution in [3.05, 3.63) is 34.3 Å². The Bertz CT molecular complexity index is 425. The quantitative estimate of drug-likeness (QED) is 0.877. The van der Waals surface area contributed by atoms with Crippen LogP contribution in [-0.4, -0.2) is 37.6 Å². The molecule has 0 radical (unpaired) electrons. The van der Waals surface area contributed by atoms with E-state index in [2.05, 4.69) is 71.6 Å². The van der Waals surface area contributed by atoms with Crippen molar-refractivity contribution in [2.45, 2.75) is 50.1 Å². The fourth-order valence-electron chi connectivity index (χ4n) is 3.73.